The van der Waals surface area contributed by atoms with Crippen molar-refractivity contribution >= 4 is 11.9 Å². The summed E-state index contributed by atoms with van der Waals surface area (Å²) in [5.74, 6) is -1.71. The van der Waals surface area contributed by atoms with Crippen molar-refractivity contribution in [1.82, 2.24) is 0 Å². The van der Waals surface area contributed by atoms with Crippen LogP contribution in [-0.4, -0.2) is 23.1 Å². The van der Waals surface area contributed by atoms with Gasteiger partial charge in [0.25, 0.3) is 0 Å². The molecule has 4 nitrogen and oxygen atoms in total. The molecule has 0 aromatic rings. The summed E-state index contributed by atoms with van der Waals surface area (Å²) in [6.45, 7) is 4.98. The van der Waals surface area contributed by atoms with Crippen LogP contribution in [-0.2, 0) is 14.3 Å². The molecular formula is C9H14O4. The van der Waals surface area contributed by atoms with Crippen molar-refractivity contribution in [1.29, 1.82) is 0 Å². The van der Waals surface area contributed by atoms with Gasteiger partial charge in [0.1, 0.15) is 0 Å². The van der Waals surface area contributed by atoms with Gasteiger partial charge < -0.3 is 9.84 Å². The Morgan fingerprint density at radius 2 is 2.08 bits per heavy atom. The van der Waals surface area contributed by atoms with E-state index in [1.54, 1.807) is 6.92 Å². The van der Waals surface area contributed by atoms with Gasteiger partial charge in [-0.05, 0) is 20.3 Å². The second kappa shape index (κ2) is 5.35. The molecule has 0 fully saturated rings. The van der Waals surface area contributed by atoms with E-state index in [0.29, 0.717) is 6.42 Å². The van der Waals surface area contributed by atoms with Crippen LogP contribution in [0.25, 0.3) is 0 Å². The third-order valence-corrected chi connectivity index (χ3v) is 1.56. The molecule has 0 aromatic carbocycles. The second-order valence-corrected chi connectivity index (χ2v) is 2.79. The Labute approximate surface area is 77.2 Å². The van der Waals surface area contributed by atoms with E-state index < -0.39 is 11.9 Å². The average molecular weight is 186 g/mol. The molecule has 1 N–H and O–H groups in total. The molecule has 0 spiro atoms. The van der Waals surface area contributed by atoms with E-state index in [1.807, 2.05) is 6.92 Å². The van der Waals surface area contributed by atoms with Gasteiger partial charge >= 0.3 is 11.9 Å². The van der Waals surface area contributed by atoms with Gasteiger partial charge in [0, 0.05) is 11.6 Å². The first kappa shape index (κ1) is 11.7. The van der Waals surface area contributed by atoms with Crippen molar-refractivity contribution in [2.24, 2.45) is 0 Å². The van der Waals surface area contributed by atoms with Crippen LogP contribution in [0, 0.1) is 0 Å². The molecule has 74 valence electrons. The Balaban J connectivity index is 4.14. The fourth-order valence-corrected chi connectivity index (χ4v) is 0.554. The Morgan fingerprint density at radius 3 is 2.46 bits per heavy atom. The van der Waals surface area contributed by atoms with Gasteiger partial charge in [-0.25, -0.2) is 9.59 Å². The molecule has 0 aliphatic rings. The SMILES string of the molecule is CCC(C)OC(=O)/C=C(\C)C(=O)O. The van der Waals surface area contributed by atoms with Crippen molar-refractivity contribution in [3.05, 3.63) is 11.6 Å². The average Bonchev–Trinajstić information content (AvgIpc) is 2.03. The normalized spacial score (nSPS) is 13.6. The highest BCUT2D eigenvalue weighted by atomic mass is 16.5. The van der Waals surface area contributed by atoms with Crippen molar-refractivity contribution in [2.75, 3.05) is 0 Å². The summed E-state index contributed by atoms with van der Waals surface area (Å²) >= 11 is 0. The van der Waals surface area contributed by atoms with Gasteiger partial charge in [-0.3, -0.25) is 0 Å². The van der Waals surface area contributed by atoms with Crippen LogP contribution in [0.2, 0.25) is 0 Å². The number of carbonyl (C=O) groups excluding carboxylic acids is 1. The quantitative estimate of drug-likeness (QED) is 0.531. The lowest BCUT2D eigenvalue weighted by Gasteiger charge is -2.08. The highest BCUT2D eigenvalue weighted by molar-refractivity contribution is 5.94. The number of rotatable bonds is 4. The first-order valence-corrected chi connectivity index (χ1v) is 4.09. The second-order valence-electron chi connectivity index (χ2n) is 2.79. The van der Waals surface area contributed by atoms with Gasteiger partial charge in [0.15, 0.2) is 0 Å². The number of carboxylic acids is 1. The van der Waals surface area contributed by atoms with Crippen LogP contribution in [0.3, 0.4) is 0 Å². The molecule has 0 saturated carbocycles. The van der Waals surface area contributed by atoms with E-state index in [4.69, 9.17) is 9.84 Å². The van der Waals surface area contributed by atoms with Crippen molar-refractivity contribution in [3.8, 4) is 0 Å². The van der Waals surface area contributed by atoms with Crippen LogP contribution in [0.1, 0.15) is 27.2 Å². The largest absolute Gasteiger partial charge is 0.478 e. The van der Waals surface area contributed by atoms with Crippen LogP contribution in [0.4, 0.5) is 0 Å². The minimum atomic E-state index is -1.11. The smallest absolute Gasteiger partial charge is 0.331 e. The van der Waals surface area contributed by atoms with Crippen LogP contribution >= 0.6 is 0 Å². The Kier molecular flexibility index (Phi) is 4.80. The van der Waals surface area contributed by atoms with E-state index >= 15 is 0 Å². The van der Waals surface area contributed by atoms with Crippen LogP contribution in [0.15, 0.2) is 11.6 Å². The summed E-state index contributed by atoms with van der Waals surface area (Å²) < 4.78 is 4.84. The number of ether oxygens (including phenoxy) is 1. The molecule has 1 atom stereocenters. The molecule has 0 bridgehead atoms. The molecule has 0 heterocycles. The van der Waals surface area contributed by atoms with Crippen LogP contribution < -0.4 is 0 Å². The molecule has 13 heavy (non-hydrogen) atoms. The summed E-state index contributed by atoms with van der Waals surface area (Å²) in [4.78, 5) is 21.3. The van der Waals surface area contributed by atoms with Crippen LogP contribution in [0.5, 0.6) is 0 Å². The Morgan fingerprint density at radius 1 is 1.54 bits per heavy atom. The molecule has 0 aliphatic carbocycles. The molecule has 4 heteroatoms. The lowest BCUT2D eigenvalue weighted by molar-refractivity contribution is -0.143. The Bertz CT molecular complexity index is 230. The molecule has 0 aromatic heterocycles. The summed E-state index contributed by atoms with van der Waals surface area (Å²) in [6, 6.07) is 0. The molecule has 0 radical (unpaired) electrons. The van der Waals surface area contributed by atoms with E-state index in [-0.39, 0.29) is 11.7 Å². The lowest BCUT2D eigenvalue weighted by Crippen LogP contribution is -2.13. The van der Waals surface area contributed by atoms with E-state index in [1.165, 1.54) is 6.92 Å². The number of carbonyl (C=O) groups is 2. The third kappa shape index (κ3) is 5.00. The summed E-state index contributed by atoms with van der Waals surface area (Å²) in [6.07, 6.45) is 1.52. The van der Waals surface area contributed by atoms with Gasteiger partial charge in [-0.15, -0.1) is 0 Å². The summed E-state index contributed by atoms with van der Waals surface area (Å²) in [7, 11) is 0. The highest BCUT2D eigenvalue weighted by Crippen LogP contribution is 1.99. The number of aliphatic carboxylic acids is 1. The number of carboxylic acid groups (broad SMARTS) is 1. The fraction of sp³-hybridized carbons (Fsp3) is 0.556. The summed E-state index contributed by atoms with van der Waals surface area (Å²) in [5.41, 5.74) is -0.0201. The first-order valence-electron chi connectivity index (χ1n) is 4.09. The zero-order valence-electron chi connectivity index (χ0n) is 8.03. The minimum Gasteiger partial charge on any atom is -0.478 e. The predicted octanol–water partition coefficient (Wildman–Crippen LogP) is 1.36. The number of hydrogen-bond acceptors (Lipinski definition) is 3. The monoisotopic (exact) mass is 186 g/mol. The zero-order valence-corrected chi connectivity index (χ0v) is 8.03. The zero-order chi connectivity index (χ0) is 10.4. The van der Waals surface area contributed by atoms with Gasteiger partial charge in [-0.2, -0.15) is 0 Å². The predicted molar refractivity (Wildman–Crippen MR) is 47.2 cm³/mol. The van der Waals surface area contributed by atoms with Crippen molar-refractivity contribution in [2.45, 2.75) is 33.3 Å². The lowest BCUT2D eigenvalue weighted by atomic mass is 10.3. The fourth-order valence-electron chi connectivity index (χ4n) is 0.554. The number of hydrogen-bond donors (Lipinski definition) is 1. The first-order chi connectivity index (χ1) is 5.97. The maximum Gasteiger partial charge on any atom is 0.331 e. The molecule has 0 saturated heterocycles. The van der Waals surface area contributed by atoms with E-state index in [9.17, 15) is 9.59 Å². The van der Waals surface area contributed by atoms with E-state index in [2.05, 4.69) is 0 Å². The Hall–Kier alpha value is -1.32. The van der Waals surface area contributed by atoms with Gasteiger partial charge in [-0.1, -0.05) is 6.92 Å². The standard InChI is InChI=1S/C9H14O4/c1-4-7(3)13-8(10)5-6(2)9(11)12/h5,7H,4H2,1-3H3,(H,11,12)/b6-5+. The maximum atomic E-state index is 11.0. The third-order valence-electron chi connectivity index (χ3n) is 1.56. The molecule has 0 amide bonds. The molecular weight excluding hydrogens is 172 g/mol. The van der Waals surface area contributed by atoms with Gasteiger partial charge in [0.2, 0.25) is 0 Å². The maximum absolute atomic E-state index is 11.0. The van der Waals surface area contributed by atoms with Gasteiger partial charge in [0.05, 0.1) is 6.10 Å². The van der Waals surface area contributed by atoms with Crippen molar-refractivity contribution in [3.63, 3.8) is 0 Å². The molecule has 0 aliphatic heterocycles. The topological polar surface area (TPSA) is 63.6 Å². The molecule has 0 rings (SSSR count). The number of esters is 1. The molecule has 1 unspecified atom stereocenters. The minimum absolute atomic E-state index is 0.0201. The summed E-state index contributed by atoms with van der Waals surface area (Å²) in [5, 5.41) is 8.45. The van der Waals surface area contributed by atoms with Crippen molar-refractivity contribution < 1.29 is 19.4 Å². The van der Waals surface area contributed by atoms with E-state index in [0.717, 1.165) is 6.08 Å². The highest BCUT2D eigenvalue weighted by Gasteiger charge is 2.07.